The maximum Gasteiger partial charge on any atom is 0.409 e. The third kappa shape index (κ3) is 4.48. The van der Waals surface area contributed by atoms with Crippen LogP contribution in [0.15, 0.2) is 30.3 Å². The fourth-order valence-corrected chi connectivity index (χ4v) is 3.25. The van der Waals surface area contributed by atoms with E-state index in [2.05, 4.69) is 5.10 Å². The Morgan fingerprint density at radius 1 is 1.04 bits per heavy atom. The van der Waals surface area contributed by atoms with Gasteiger partial charge in [-0.3, -0.25) is 9.48 Å². The molecule has 1 aliphatic rings. The Hall–Kier alpha value is -2.83. The molecular formula is C20H26N4O3. The van der Waals surface area contributed by atoms with Gasteiger partial charge in [0.2, 0.25) is 0 Å². The molecule has 1 aliphatic heterocycles. The lowest BCUT2D eigenvalue weighted by Crippen LogP contribution is -2.50. The minimum absolute atomic E-state index is 0.00354. The van der Waals surface area contributed by atoms with E-state index >= 15 is 0 Å². The summed E-state index contributed by atoms with van der Waals surface area (Å²) in [5, 5.41) is 4.47. The average Bonchev–Trinajstić information content (AvgIpc) is 2.99. The maximum absolute atomic E-state index is 12.7. The fourth-order valence-electron chi connectivity index (χ4n) is 3.25. The Kier molecular flexibility index (Phi) is 5.78. The van der Waals surface area contributed by atoms with Gasteiger partial charge in [-0.05, 0) is 44.5 Å². The molecule has 3 rings (SSSR count). The van der Waals surface area contributed by atoms with Crippen LogP contribution in [0.5, 0.6) is 0 Å². The number of nitrogens with zero attached hydrogens (tertiary/aromatic N) is 4. The summed E-state index contributed by atoms with van der Waals surface area (Å²) in [6.45, 7) is 8.89. The predicted octanol–water partition coefficient (Wildman–Crippen LogP) is 2.46. The first-order chi connectivity index (χ1) is 13.0. The van der Waals surface area contributed by atoms with Crippen LogP contribution in [0.1, 0.15) is 34.2 Å². The first kappa shape index (κ1) is 18.9. The van der Waals surface area contributed by atoms with E-state index in [1.54, 1.807) is 16.7 Å². The van der Waals surface area contributed by atoms with Gasteiger partial charge < -0.3 is 14.5 Å². The summed E-state index contributed by atoms with van der Waals surface area (Å²) in [4.78, 5) is 27.9. The van der Waals surface area contributed by atoms with Gasteiger partial charge in [-0.15, -0.1) is 0 Å². The summed E-state index contributed by atoms with van der Waals surface area (Å²) < 4.78 is 6.97. The van der Waals surface area contributed by atoms with E-state index in [0.29, 0.717) is 44.9 Å². The summed E-state index contributed by atoms with van der Waals surface area (Å²) in [6.07, 6.45) is -0.307. The molecule has 144 valence electrons. The molecule has 0 atom stereocenters. The molecule has 7 heteroatoms. The van der Waals surface area contributed by atoms with E-state index < -0.39 is 0 Å². The highest BCUT2D eigenvalue weighted by atomic mass is 16.6. The molecule has 0 N–H and O–H groups in total. The lowest BCUT2D eigenvalue weighted by atomic mass is 10.1. The van der Waals surface area contributed by atoms with Crippen LogP contribution in [-0.2, 0) is 11.3 Å². The van der Waals surface area contributed by atoms with Gasteiger partial charge in [0.05, 0.1) is 18.8 Å². The standard InChI is InChI=1S/C20H26N4O3/c1-4-27-20(26)23-11-9-22(10-12-23)19(25)18-7-5-17(6-8-18)14-24-16(3)13-15(2)21-24/h5-8,13H,4,9-12,14H2,1-3H3. The van der Waals surface area contributed by atoms with Crippen molar-refractivity contribution in [1.29, 1.82) is 0 Å². The summed E-state index contributed by atoms with van der Waals surface area (Å²) in [5.74, 6) is -0.00354. The largest absolute Gasteiger partial charge is 0.450 e. The van der Waals surface area contributed by atoms with E-state index in [9.17, 15) is 9.59 Å². The predicted molar refractivity (Wildman–Crippen MR) is 102 cm³/mol. The number of aryl methyl sites for hydroxylation is 2. The highest BCUT2D eigenvalue weighted by molar-refractivity contribution is 5.94. The van der Waals surface area contributed by atoms with E-state index in [1.807, 2.05) is 48.9 Å². The molecule has 1 aromatic heterocycles. The van der Waals surface area contributed by atoms with Gasteiger partial charge in [-0.25, -0.2) is 4.79 Å². The van der Waals surface area contributed by atoms with Crippen molar-refractivity contribution in [3.63, 3.8) is 0 Å². The summed E-state index contributed by atoms with van der Waals surface area (Å²) in [6, 6.07) is 9.72. The van der Waals surface area contributed by atoms with Crippen molar-refractivity contribution < 1.29 is 14.3 Å². The maximum atomic E-state index is 12.7. The molecule has 0 bridgehead atoms. The van der Waals surface area contributed by atoms with Gasteiger partial charge in [0, 0.05) is 37.4 Å². The third-order valence-electron chi connectivity index (χ3n) is 4.73. The van der Waals surface area contributed by atoms with Crippen molar-refractivity contribution in [2.24, 2.45) is 0 Å². The minimum Gasteiger partial charge on any atom is -0.450 e. The molecule has 2 aromatic rings. The number of carbonyl (C=O) groups is 2. The van der Waals surface area contributed by atoms with Crippen molar-refractivity contribution in [2.45, 2.75) is 27.3 Å². The Balaban J connectivity index is 1.58. The van der Waals surface area contributed by atoms with Crippen LogP contribution in [0.4, 0.5) is 4.79 Å². The Bertz CT molecular complexity index is 805. The molecule has 2 heterocycles. The van der Waals surface area contributed by atoms with Crippen molar-refractivity contribution in [2.75, 3.05) is 32.8 Å². The molecule has 1 aromatic carbocycles. The molecule has 7 nitrogen and oxygen atoms in total. The third-order valence-corrected chi connectivity index (χ3v) is 4.73. The van der Waals surface area contributed by atoms with Crippen LogP contribution in [0.3, 0.4) is 0 Å². The number of carbonyl (C=O) groups excluding carboxylic acids is 2. The van der Waals surface area contributed by atoms with Gasteiger partial charge in [0.1, 0.15) is 0 Å². The SMILES string of the molecule is CCOC(=O)N1CCN(C(=O)c2ccc(Cn3nc(C)cc3C)cc2)CC1. The first-order valence-corrected chi connectivity index (χ1v) is 9.29. The second-order valence-corrected chi connectivity index (χ2v) is 6.76. The van der Waals surface area contributed by atoms with Crippen LogP contribution in [0, 0.1) is 13.8 Å². The first-order valence-electron chi connectivity index (χ1n) is 9.29. The molecule has 2 amide bonds. The molecule has 27 heavy (non-hydrogen) atoms. The normalized spacial score (nSPS) is 14.3. The van der Waals surface area contributed by atoms with Crippen LogP contribution >= 0.6 is 0 Å². The molecule has 0 radical (unpaired) electrons. The lowest BCUT2D eigenvalue weighted by Gasteiger charge is -2.34. The second kappa shape index (κ2) is 8.24. The number of piperazine rings is 1. The minimum atomic E-state index is -0.307. The monoisotopic (exact) mass is 370 g/mol. The van der Waals surface area contributed by atoms with Gasteiger partial charge in [0.15, 0.2) is 0 Å². The number of rotatable bonds is 4. The fraction of sp³-hybridized carbons (Fsp3) is 0.450. The smallest absolute Gasteiger partial charge is 0.409 e. The zero-order chi connectivity index (χ0) is 19.4. The molecule has 1 saturated heterocycles. The van der Waals surface area contributed by atoms with Crippen molar-refractivity contribution in [3.05, 3.63) is 52.8 Å². The number of aromatic nitrogens is 2. The van der Waals surface area contributed by atoms with Crippen molar-refractivity contribution in [1.82, 2.24) is 19.6 Å². The zero-order valence-corrected chi connectivity index (χ0v) is 16.1. The second-order valence-electron chi connectivity index (χ2n) is 6.76. The Morgan fingerprint density at radius 3 is 2.22 bits per heavy atom. The number of amides is 2. The zero-order valence-electron chi connectivity index (χ0n) is 16.1. The topological polar surface area (TPSA) is 67.7 Å². The Labute approximate surface area is 159 Å². The van der Waals surface area contributed by atoms with Gasteiger partial charge in [-0.2, -0.15) is 5.10 Å². The van der Waals surface area contributed by atoms with Gasteiger partial charge in [0.25, 0.3) is 5.91 Å². The van der Waals surface area contributed by atoms with Gasteiger partial charge in [-0.1, -0.05) is 12.1 Å². The van der Waals surface area contributed by atoms with Crippen LogP contribution < -0.4 is 0 Å². The van der Waals surface area contributed by atoms with Gasteiger partial charge >= 0.3 is 6.09 Å². The summed E-state index contributed by atoms with van der Waals surface area (Å²) in [5.41, 5.74) is 3.88. The van der Waals surface area contributed by atoms with E-state index in [4.69, 9.17) is 4.74 Å². The van der Waals surface area contributed by atoms with Crippen LogP contribution in [0.25, 0.3) is 0 Å². The van der Waals surface area contributed by atoms with Crippen molar-refractivity contribution >= 4 is 12.0 Å². The number of hydrogen-bond donors (Lipinski definition) is 0. The molecule has 0 aliphatic carbocycles. The molecule has 1 fully saturated rings. The molecular weight excluding hydrogens is 344 g/mol. The quantitative estimate of drug-likeness (QED) is 0.829. The molecule has 0 unspecified atom stereocenters. The lowest BCUT2D eigenvalue weighted by molar-refractivity contribution is 0.0570. The highest BCUT2D eigenvalue weighted by Gasteiger charge is 2.25. The summed E-state index contributed by atoms with van der Waals surface area (Å²) in [7, 11) is 0. The number of benzene rings is 1. The number of hydrogen-bond acceptors (Lipinski definition) is 4. The molecule has 0 saturated carbocycles. The average molecular weight is 370 g/mol. The van der Waals surface area contributed by atoms with E-state index in [1.165, 1.54) is 0 Å². The van der Waals surface area contributed by atoms with Crippen molar-refractivity contribution in [3.8, 4) is 0 Å². The Morgan fingerprint density at radius 2 is 1.67 bits per heavy atom. The van der Waals surface area contributed by atoms with E-state index in [0.717, 1.165) is 17.0 Å². The highest BCUT2D eigenvalue weighted by Crippen LogP contribution is 2.13. The van der Waals surface area contributed by atoms with E-state index in [-0.39, 0.29) is 12.0 Å². The summed E-state index contributed by atoms with van der Waals surface area (Å²) >= 11 is 0. The number of ether oxygens (including phenoxy) is 1. The van der Waals surface area contributed by atoms with Crippen LogP contribution in [-0.4, -0.2) is 64.4 Å². The molecule has 0 spiro atoms. The van der Waals surface area contributed by atoms with Crippen LogP contribution in [0.2, 0.25) is 0 Å².